The van der Waals surface area contributed by atoms with Gasteiger partial charge in [-0.15, -0.1) is 0 Å². The molecular weight excluding hydrogens is 196 g/mol. The van der Waals surface area contributed by atoms with Crippen LogP contribution < -0.4 is 0 Å². The molecule has 0 radical (unpaired) electrons. The Labute approximate surface area is 85.9 Å². The average molecular weight is 206 g/mol. The van der Waals surface area contributed by atoms with Crippen molar-refractivity contribution in [3.63, 3.8) is 0 Å². The number of nitrogens with zero attached hydrogens (tertiary/aromatic N) is 2. The minimum absolute atomic E-state index is 0.122. The van der Waals surface area contributed by atoms with Crippen LogP contribution in [-0.2, 0) is 7.05 Å². The molecule has 2 aromatic rings. The summed E-state index contributed by atoms with van der Waals surface area (Å²) in [6.07, 6.45) is 1.82. The molecule has 0 aliphatic heterocycles. The second-order valence-corrected chi connectivity index (χ2v) is 3.27. The zero-order valence-electron chi connectivity index (χ0n) is 8.39. The van der Waals surface area contributed by atoms with Crippen molar-refractivity contribution in [1.29, 1.82) is 0 Å². The molecule has 5 nitrogen and oxygen atoms in total. The quantitative estimate of drug-likeness (QED) is 0.811. The Morgan fingerprint density at radius 3 is 2.87 bits per heavy atom. The third-order valence-electron chi connectivity index (χ3n) is 2.26. The highest BCUT2D eigenvalue weighted by molar-refractivity contribution is 5.95. The maximum absolute atomic E-state index is 11.0. The van der Waals surface area contributed by atoms with Crippen molar-refractivity contribution in [2.75, 3.05) is 0 Å². The molecule has 78 valence electrons. The first kappa shape index (κ1) is 9.51. The van der Waals surface area contributed by atoms with Gasteiger partial charge in [-0.25, -0.2) is 4.79 Å². The molecule has 1 N–H and O–H groups in total. The van der Waals surface area contributed by atoms with E-state index >= 15 is 0 Å². The van der Waals surface area contributed by atoms with E-state index in [2.05, 4.69) is 5.16 Å². The Morgan fingerprint density at radius 1 is 1.60 bits per heavy atom. The van der Waals surface area contributed by atoms with Gasteiger partial charge in [0.05, 0.1) is 5.69 Å². The number of aryl methyl sites for hydroxylation is 2. The summed E-state index contributed by atoms with van der Waals surface area (Å²) >= 11 is 0. The Hall–Kier alpha value is -2.04. The summed E-state index contributed by atoms with van der Waals surface area (Å²) in [6, 6.07) is 3.62. The number of carbonyl (C=O) groups is 1. The largest absolute Gasteiger partial charge is 0.477 e. The number of hydrogen-bond acceptors (Lipinski definition) is 3. The van der Waals surface area contributed by atoms with E-state index in [1.54, 1.807) is 17.6 Å². The maximum atomic E-state index is 11.0. The fourth-order valence-corrected chi connectivity index (χ4v) is 1.51. The van der Waals surface area contributed by atoms with Crippen molar-refractivity contribution in [3.8, 4) is 11.4 Å². The lowest BCUT2D eigenvalue weighted by Crippen LogP contribution is -2.01. The van der Waals surface area contributed by atoms with E-state index < -0.39 is 5.97 Å². The second-order valence-electron chi connectivity index (χ2n) is 3.27. The van der Waals surface area contributed by atoms with E-state index in [0.717, 1.165) is 5.69 Å². The highest BCUT2D eigenvalue weighted by Crippen LogP contribution is 2.24. The van der Waals surface area contributed by atoms with E-state index in [0.29, 0.717) is 11.5 Å². The summed E-state index contributed by atoms with van der Waals surface area (Å²) in [6.45, 7) is 1.59. The molecule has 0 aliphatic rings. The van der Waals surface area contributed by atoms with Crippen molar-refractivity contribution in [2.24, 2.45) is 7.05 Å². The lowest BCUT2D eigenvalue weighted by atomic mass is 10.1. The molecule has 0 fully saturated rings. The van der Waals surface area contributed by atoms with Gasteiger partial charge in [0.1, 0.15) is 17.0 Å². The van der Waals surface area contributed by atoms with E-state index in [1.165, 1.54) is 0 Å². The molecule has 15 heavy (non-hydrogen) atoms. The van der Waals surface area contributed by atoms with Crippen LogP contribution in [0.5, 0.6) is 0 Å². The lowest BCUT2D eigenvalue weighted by Gasteiger charge is -1.99. The first-order valence-corrected chi connectivity index (χ1v) is 4.42. The van der Waals surface area contributed by atoms with Crippen molar-refractivity contribution >= 4 is 5.97 Å². The van der Waals surface area contributed by atoms with E-state index in [4.69, 9.17) is 9.63 Å². The van der Waals surface area contributed by atoms with Crippen LogP contribution in [0.4, 0.5) is 0 Å². The summed E-state index contributed by atoms with van der Waals surface area (Å²) in [4.78, 5) is 11.0. The van der Waals surface area contributed by atoms with Gasteiger partial charge < -0.3 is 14.2 Å². The molecule has 0 amide bonds. The first-order chi connectivity index (χ1) is 7.11. The van der Waals surface area contributed by atoms with E-state index in [-0.39, 0.29) is 5.56 Å². The van der Waals surface area contributed by atoms with Crippen LogP contribution >= 0.6 is 0 Å². The van der Waals surface area contributed by atoms with Crippen LogP contribution in [0.15, 0.2) is 22.9 Å². The molecule has 0 unspecified atom stereocenters. The van der Waals surface area contributed by atoms with Crippen molar-refractivity contribution in [3.05, 3.63) is 29.7 Å². The Bertz CT molecular complexity index is 510. The zero-order chi connectivity index (χ0) is 11.0. The fourth-order valence-electron chi connectivity index (χ4n) is 1.51. The van der Waals surface area contributed by atoms with Crippen LogP contribution in [0, 0.1) is 6.92 Å². The van der Waals surface area contributed by atoms with Crippen LogP contribution in [-0.4, -0.2) is 20.8 Å². The number of hydrogen-bond donors (Lipinski definition) is 1. The standard InChI is InChI=1S/C10H10N2O3/c1-6-8(10(13)14)9(11-15-6)7-4-3-5-12(7)2/h3-5H,1-2H3,(H,13,14). The normalized spacial score (nSPS) is 10.5. The zero-order valence-corrected chi connectivity index (χ0v) is 8.39. The van der Waals surface area contributed by atoms with Gasteiger partial charge in [-0.2, -0.15) is 0 Å². The predicted octanol–water partition coefficient (Wildman–Crippen LogP) is 1.69. The van der Waals surface area contributed by atoms with Gasteiger partial charge in [-0.05, 0) is 19.1 Å². The number of carboxylic acid groups (broad SMARTS) is 1. The Balaban J connectivity index is 2.64. The highest BCUT2D eigenvalue weighted by Gasteiger charge is 2.21. The number of rotatable bonds is 2. The molecule has 2 aromatic heterocycles. The molecule has 2 rings (SSSR count). The van der Waals surface area contributed by atoms with Gasteiger partial charge in [0.2, 0.25) is 0 Å². The number of carboxylic acids is 1. The first-order valence-electron chi connectivity index (χ1n) is 4.42. The number of aromatic carboxylic acids is 1. The SMILES string of the molecule is Cc1onc(-c2cccn2C)c1C(=O)O. The van der Waals surface area contributed by atoms with Crippen LogP contribution in [0.1, 0.15) is 16.1 Å². The average Bonchev–Trinajstić information content (AvgIpc) is 2.71. The van der Waals surface area contributed by atoms with Crippen LogP contribution in [0.3, 0.4) is 0 Å². The van der Waals surface area contributed by atoms with Gasteiger partial charge >= 0.3 is 5.97 Å². The molecule has 0 atom stereocenters. The fraction of sp³-hybridized carbons (Fsp3) is 0.200. The molecular formula is C10H10N2O3. The Kier molecular flexibility index (Phi) is 2.07. The third-order valence-corrected chi connectivity index (χ3v) is 2.26. The minimum atomic E-state index is -1.02. The summed E-state index contributed by atoms with van der Waals surface area (Å²) in [5.41, 5.74) is 1.22. The third kappa shape index (κ3) is 1.41. The van der Waals surface area contributed by atoms with Gasteiger partial charge in [0.15, 0.2) is 0 Å². The monoisotopic (exact) mass is 206 g/mol. The van der Waals surface area contributed by atoms with Gasteiger partial charge in [0.25, 0.3) is 0 Å². The maximum Gasteiger partial charge on any atom is 0.341 e. The van der Waals surface area contributed by atoms with Gasteiger partial charge in [-0.3, -0.25) is 0 Å². The molecule has 0 bridgehead atoms. The summed E-state index contributed by atoms with van der Waals surface area (Å²) < 4.78 is 6.69. The number of aromatic nitrogens is 2. The van der Waals surface area contributed by atoms with Crippen molar-refractivity contribution < 1.29 is 14.4 Å². The van der Waals surface area contributed by atoms with Crippen LogP contribution in [0.25, 0.3) is 11.4 Å². The minimum Gasteiger partial charge on any atom is -0.477 e. The molecule has 0 saturated heterocycles. The van der Waals surface area contributed by atoms with Crippen LogP contribution in [0.2, 0.25) is 0 Å². The lowest BCUT2D eigenvalue weighted by molar-refractivity contribution is 0.0695. The van der Waals surface area contributed by atoms with E-state index in [9.17, 15) is 4.79 Å². The molecule has 0 aliphatic carbocycles. The summed E-state index contributed by atoms with van der Waals surface area (Å²) in [5, 5.41) is 12.8. The molecule has 0 aromatic carbocycles. The molecule has 0 saturated carbocycles. The Morgan fingerprint density at radius 2 is 2.33 bits per heavy atom. The highest BCUT2D eigenvalue weighted by atomic mass is 16.5. The topological polar surface area (TPSA) is 68.3 Å². The van der Waals surface area contributed by atoms with Gasteiger partial charge in [0, 0.05) is 13.2 Å². The van der Waals surface area contributed by atoms with Crippen molar-refractivity contribution in [2.45, 2.75) is 6.92 Å². The molecule has 5 heteroatoms. The summed E-state index contributed by atoms with van der Waals surface area (Å²) in [7, 11) is 1.82. The van der Waals surface area contributed by atoms with Gasteiger partial charge in [-0.1, -0.05) is 5.16 Å². The second kappa shape index (κ2) is 3.27. The van der Waals surface area contributed by atoms with E-state index in [1.807, 2.05) is 19.3 Å². The predicted molar refractivity (Wildman–Crippen MR) is 52.6 cm³/mol. The summed E-state index contributed by atoms with van der Waals surface area (Å²) in [5.74, 6) is -0.705. The van der Waals surface area contributed by atoms with Crippen molar-refractivity contribution in [1.82, 2.24) is 9.72 Å². The molecule has 2 heterocycles. The smallest absolute Gasteiger partial charge is 0.341 e. The molecule has 0 spiro atoms.